The number of piperidine rings is 3. The molecule has 3 saturated heterocycles. The van der Waals surface area contributed by atoms with Gasteiger partial charge < -0.3 is 45.6 Å². The monoisotopic (exact) mass is 523 g/mol. The number of ether oxygens (including phenoxy) is 1. The van der Waals surface area contributed by atoms with E-state index in [1.807, 2.05) is 0 Å². The van der Waals surface area contributed by atoms with Crippen molar-refractivity contribution in [1.82, 2.24) is 5.16 Å². The molecular weight excluding hydrogens is 494 g/mol. The Morgan fingerprint density at radius 2 is 1.94 bits per heavy atom. The second-order valence-corrected chi connectivity index (χ2v) is 9.57. The lowest BCUT2D eigenvalue weighted by molar-refractivity contribution is -0.939. The van der Waals surface area contributed by atoms with Gasteiger partial charge in [0.05, 0.1) is 19.4 Å². The van der Waals surface area contributed by atoms with Crippen molar-refractivity contribution in [2.24, 2.45) is 11.8 Å². The molecule has 2 atom stereocenters. The molecule has 4 fully saturated rings. The zero-order valence-corrected chi connectivity index (χ0v) is 20.0. The van der Waals surface area contributed by atoms with Gasteiger partial charge >= 0.3 is 5.97 Å². The summed E-state index contributed by atoms with van der Waals surface area (Å²) in [6.07, 6.45) is 7.83. The van der Waals surface area contributed by atoms with Gasteiger partial charge in [-0.15, -0.1) is 0 Å². The van der Waals surface area contributed by atoms with Gasteiger partial charge in [-0.2, -0.15) is 0 Å². The number of carbonyl (C=O) groups excluding carboxylic acids is 2. The Morgan fingerprint density at radius 3 is 2.58 bits per heavy atom. The number of hydrogen-bond donors (Lipinski definition) is 2. The zero-order chi connectivity index (χ0) is 22.2. The molecule has 9 nitrogen and oxygen atoms in total. The summed E-state index contributed by atoms with van der Waals surface area (Å²) in [7, 11) is 0. The van der Waals surface area contributed by atoms with Gasteiger partial charge in [-0.05, 0) is 25.0 Å². The van der Waals surface area contributed by atoms with Gasteiger partial charge in [0.25, 0.3) is 5.91 Å². The van der Waals surface area contributed by atoms with E-state index < -0.39 is 11.6 Å². The molecule has 6 rings (SSSR count). The zero-order valence-electron chi connectivity index (χ0n) is 18.5. The fraction of sp³-hybridized carbons (Fsp3) is 0.609. The summed E-state index contributed by atoms with van der Waals surface area (Å²) in [6.45, 7) is 2.60. The van der Waals surface area contributed by atoms with Crippen LogP contribution in [0.2, 0.25) is 0 Å². The van der Waals surface area contributed by atoms with Crippen molar-refractivity contribution in [2.45, 2.75) is 50.2 Å². The smallest absolute Gasteiger partial charge is 0.346 e. The molecule has 0 aromatic carbocycles. The van der Waals surface area contributed by atoms with Crippen LogP contribution in [-0.4, -0.2) is 58.9 Å². The summed E-state index contributed by atoms with van der Waals surface area (Å²) in [5.41, 5.74) is -1.76. The topological polar surface area (TPSA) is 115 Å². The lowest BCUT2D eigenvalue weighted by Gasteiger charge is -2.51. The molecule has 10 heteroatoms. The molecule has 1 unspecified atom stereocenters. The third-order valence-electron chi connectivity index (χ3n) is 7.64. The standard InChI is InChI=1S/C23H29N3O6.BrH/c27-21(24-20-9-13-31-25-20)15-26-10-7-16(8-11-26)18(14-26)32-22(28)23(29,17-4-1-2-5-17)19-6-3-12-30-19;/h3,6,9,12-13,16-18,29H,1-2,4-5,7-8,10-11,14-15H2;1H/t16?,18?,23-,26?;/m1./s1. The fourth-order valence-electron chi connectivity index (χ4n) is 5.88. The van der Waals surface area contributed by atoms with E-state index in [1.165, 1.54) is 12.5 Å². The van der Waals surface area contributed by atoms with E-state index in [1.54, 1.807) is 18.2 Å². The third-order valence-corrected chi connectivity index (χ3v) is 7.64. The number of nitrogens with zero attached hydrogens (tertiary/aromatic N) is 2. The Labute approximate surface area is 202 Å². The molecule has 2 aromatic rings. The van der Waals surface area contributed by atoms with Crippen molar-refractivity contribution in [2.75, 3.05) is 31.5 Å². The van der Waals surface area contributed by atoms with Crippen LogP contribution < -0.4 is 22.3 Å². The summed E-state index contributed by atoms with van der Waals surface area (Å²) in [4.78, 5) is 26.0. The molecule has 4 aliphatic rings. The van der Waals surface area contributed by atoms with Crippen LogP contribution in [0.25, 0.3) is 0 Å². The Balaban J connectivity index is 0.00000259. The van der Waals surface area contributed by atoms with Crippen molar-refractivity contribution in [3.05, 3.63) is 36.5 Å². The summed E-state index contributed by atoms with van der Waals surface area (Å²) >= 11 is 0. The van der Waals surface area contributed by atoms with Gasteiger partial charge in [0, 0.05) is 30.7 Å². The molecule has 2 aromatic heterocycles. The van der Waals surface area contributed by atoms with Crippen LogP contribution in [0, 0.1) is 11.8 Å². The van der Waals surface area contributed by atoms with Crippen LogP contribution in [0.15, 0.2) is 39.7 Å². The normalized spacial score (nSPS) is 28.6. The van der Waals surface area contributed by atoms with E-state index >= 15 is 0 Å². The number of aliphatic hydroxyl groups is 1. The molecule has 2 N–H and O–H groups in total. The first-order chi connectivity index (χ1) is 15.5. The van der Waals surface area contributed by atoms with E-state index in [9.17, 15) is 14.7 Å². The summed E-state index contributed by atoms with van der Waals surface area (Å²) in [6, 6.07) is 4.94. The number of nitrogens with one attached hydrogen (secondary N) is 1. The first-order valence-electron chi connectivity index (χ1n) is 11.5. The second-order valence-electron chi connectivity index (χ2n) is 9.57. The van der Waals surface area contributed by atoms with Crippen molar-refractivity contribution in [1.29, 1.82) is 0 Å². The van der Waals surface area contributed by atoms with E-state index in [-0.39, 0.29) is 46.6 Å². The number of furan rings is 1. The molecule has 180 valence electrons. The van der Waals surface area contributed by atoms with Gasteiger partial charge in [0.2, 0.25) is 5.60 Å². The minimum Gasteiger partial charge on any atom is -1.00 e. The number of esters is 1. The molecule has 3 aliphatic heterocycles. The molecule has 33 heavy (non-hydrogen) atoms. The number of amides is 1. The third kappa shape index (κ3) is 4.61. The number of fused-ring (bicyclic) bond motifs is 3. The first kappa shape index (κ1) is 24.0. The maximum Gasteiger partial charge on any atom is 0.346 e. The number of carbonyl (C=O) groups is 2. The Hall–Kier alpha value is -2.17. The van der Waals surface area contributed by atoms with Gasteiger partial charge in [-0.1, -0.05) is 18.0 Å². The summed E-state index contributed by atoms with van der Waals surface area (Å²) < 4.78 is 16.8. The lowest BCUT2D eigenvalue weighted by atomic mass is 9.81. The van der Waals surface area contributed by atoms with Gasteiger partial charge in [0.1, 0.15) is 18.6 Å². The number of anilines is 1. The van der Waals surface area contributed by atoms with E-state index in [0.29, 0.717) is 23.4 Å². The van der Waals surface area contributed by atoms with Crippen LogP contribution in [0.3, 0.4) is 0 Å². The molecule has 1 saturated carbocycles. The van der Waals surface area contributed by atoms with Crippen molar-refractivity contribution < 1.29 is 49.8 Å². The Morgan fingerprint density at radius 1 is 1.18 bits per heavy atom. The van der Waals surface area contributed by atoms with E-state index in [4.69, 9.17) is 13.7 Å². The molecule has 2 bridgehead atoms. The van der Waals surface area contributed by atoms with Gasteiger partial charge in [0.15, 0.2) is 18.5 Å². The van der Waals surface area contributed by atoms with Crippen molar-refractivity contribution in [3.63, 3.8) is 0 Å². The molecule has 0 spiro atoms. The Bertz CT molecular complexity index is 936. The van der Waals surface area contributed by atoms with Crippen LogP contribution in [-0.2, 0) is 19.9 Å². The maximum absolute atomic E-state index is 13.4. The van der Waals surface area contributed by atoms with E-state index in [0.717, 1.165) is 51.6 Å². The van der Waals surface area contributed by atoms with Crippen LogP contribution >= 0.6 is 0 Å². The molecule has 0 radical (unpaired) electrons. The lowest BCUT2D eigenvalue weighted by Crippen LogP contribution is -3.00. The number of hydrogen-bond acceptors (Lipinski definition) is 7. The van der Waals surface area contributed by atoms with Crippen LogP contribution in [0.4, 0.5) is 5.82 Å². The van der Waals surface area contributed by atoms with Gasteiger partial charge in [-0.3, -0.25) is 4.79 Å². The number of halogens is 1. The second kappa shape index (κ2) is 9.60. The van der Waals surface area contributed by atoms with Crippen molar-refractivity contribution in [3.8, 4) is 0 Å². The molecule has 5 heterocycles. The molecule has 1 amide bonds. The average molecular weight is 524 g/mol. The highest BCUT2D eigenvalue weighted by molar-refractivity contribution is 5.90. The molecular formula is C23H30BrN3O6. The van der Waals surface area contributed by atoms with Gasteiger partial charge in [-0.25, -0.2) is 4.79 Å². The first-order valence-corrected chi connectivity index (χ1v) is 11.5. The Kier molecular flexibility index (Phi) is 6.97. The van der Waals surface area contributed by atoms with E-state index in [2.05, 4.69) is 10.5 Å². The summed E-state index contributed by atoms with van der Waals surface area (Å²) in [5, 5.41) is 18.0. The summed E-state index contributed by atoms with van der Waals surface area (Å²) in [5.74, 6) is -0.0685. The predicted molar refractivity (Wildman–Crippen MR) is 112 cm³/mol. The minimum atomic E-state index is -1.76. The minimum absolute atomic E-state index is 0. The largest absolute Gasteiger partial charge is 1.00 e. The van der Waals surface area contributed by atoms with Crippen LogP contribution in [0.5, 0.6) is 0 Å². The average Bonchev–Trinajstić information content (AvgIpc) is 3.57. The SMILES string of the molecule is O=C(C[N+]12CCC(CC1)C(OC(=O)[C@](O)(c1ccco1)C1CCCC1)C2)Nc1ccon1.[Br-]. The number of rotatable bonds is 7. The predicted octanol–water partition coefficient (Wildman–Crippen LogP) is -0.560. The van der Waals surface area contributed by atoms with Crippen molar-refractivity contribution >= 4 is 17.7 Å². The van der Waals surface area contributed by atoms with Crippen LogP contribution in [0.1, 0.15) is 44.3 Å². The highest BCUT2D eigenvalue weighted by Crippen LogP contribution is 2.43. The highest BCUT2D eigenvalue weighted by Gasteiger charge is 2.54. The quantitative estimate of drug-likeness (QED) is 0.369. The molecule has 1 aliphatic carbocycles. The number of quaternary nitrogens is 1. The number of aromatic nitrogens is 1. The highest BCUT2D eigenvalue weighted by atomic mass is 79.9. The fourth-order valence-corrected chi connectivity index (χ4v) is 5.88. The maximum atomic E-state index is 13.4.